The first-order valence-corrected chi connectivity index (χ1v) is 11.4. The molecule has 158 valence electrons. The maximum absolute atomic E-state index is 4.65. The quantitative estimate of drug-likeness (QED) is 0.464. The minimum Gasteiger partial charge on any atom is -0.366 e. The van der Waals surface area contributed by atoms with Gasteiger partial charge in [-0.3, -0.25) is 4.99 Å². The summed E-state index contributed by atoms with van der Waals surface area (Å²) in [5.74, 6) is 0. The van der Waals surface area contributed by atoms with Crippen LogP contribution in [0.5, 0.6) is 0 Å². The molecule has 0 radical (unpaired) electrons. The van der Waals surface area contributed by atoms with Crippen molar-refractivity contribution in [2.75, 3.05) is 6.67 Å². The third-order valence-electron chi connectivity index (χ3n) is 6.15. The van der Waals surface area contributed by atoms with Crippen LogP contribution in [0.3, 0.4) is 0 Å². The molecule has 3 aliphatic carbocycles. The van der Waals surface area contributed by atoms with Gasteiger partial charge in [-0.15, -0.1) is 0 Å². The minimum absolute atomic E-state index is 0.599. The normalized spacial score (nSPS) is 21.5. The summed E-state index contributed by atoms with van der Waals surface area (Å²) in [6.07, 6.45) is 33.3. The first kappa shape index (κ1) is 21.1. The van der Waals surface area contributed by atoms with Crippen LogP contribution in [0.2, 0.25) is 0 Å². The second-order valence-electron chi connectivity index (χ2n) is 8.22. The fourth-order valence-corrected chi connectivity index (χ4v) is 4.31. The van der Waals surface area contributed by atoms with Crippen molar-refractivity contribution in [3.8, 4) is 0 Å². The van der Waals surface area contributed by atoms with Gasteiger partial charge >= 0.3 is 0 Å². The van der Waals surface area contributed by atoms with E-state index in [2.05, 4.69) is 96.7 Å². The zero-order valence-corrected chi connectivity index (χ0v) is 18.5. The molecule has 0 unspecified atom stereocenters. The molecule has 0 aromatic heterocycles. The van der Waals surface area contributed by atoms with E-state index in [1.54, 1.807) is 0 Å². The second kappa shape index (κ2) is 10.3. The van der Waals surface area contributed by atoms with Crippen molar-refractivity contribution < 1.29 is 0 Å². The number of rotatable bonds is 6. The Labute approximate surface area is 186 Å². The Balaban J connectivity index is 1.45. The maximum Gasteiger partial charge on any atom is 0.108 e. The highest BCUT2D eigenvalue weighted by Crippen LogP contribution is 2.31. The van der Waals surface area contributed by atoms with Crippen molar-refractivity contribution >= 4 is 5.71 Å². The monoisotopic (exact) mass is 408 g/mol. The molecule has 1 N–H and O–H groups in total. The molecule has 4 aliphatic rings. The Kier molecular flexibility index (Phi) is 6.99. The highest BCUT2D eigenvalue weighted by atomic mass is 15.0. The van der Waals surface area contributed by atoms with E-state index in [9.17, 15) is 0 Å². The van der Waals surface area contributed by atoms with Gasteiger partial charge in [0.1, 0.15) is 6.67 Å². The number of aliphatic imine (C=N–C) groups is 1. The van der Waals surface area contributed by atoms with Crippen LogP contribution < -0.4 is 5.32 Å². The van der Waals surface area contributed by atoms with Crippen LogP contribution in [0.1, 0.15) is 45.4 Å². The zero-order chi connectivity index (χ0) is 21.5. The number of hydrogen-bond acceptors (Lipinski definition) is 2. The number of hydrogen-bond donors (Lipinski definition) is 1. The molecule has 0 spiro atoms. The Morgan fingerprint density at radius 3 is 2.52 bits per heavy atom. The van der Waals surface area contributed by atoms with Crippen LogP contribution in [-0.4, -0.2) is 12.4 Å². The topological polar surface area (TPSA) is 24.4 Å². The van der Waals surface area contributed by atoms with Crippen molar-refractivity contribution in [2.45, 2.75) is 45.4 Å². The lowest BCUT2D eigenvalue weighted by atomic mass is 9.88. The predicted molar refractivity (Wildman–Crippen MR) is 134 cm³/mol. The maximum atomic E-state index is 4.65. The molecule has 2 nitrogen and oxygen atoms in total. The highest BCUT2D eigenvalue weighted by molar-refractivity contribution is 6.11. The second-order valence-corrected chi connectivity index (χ2v) is 8.22. The van der Waals surface area contributed by atoms with Gasteiger partial charge in [-0.1, -0.05) is 73.4 Å². The summed E-state index contributed by atoms with van der Waals surface area (Å²) in [6.45, 7) is 6.97. The molecule has 0 bridgehead atoms. The SMILES string of the molecule is C=C(/C=C\C(=C/C)C1=CCCC=C1)C1=NCNC(C2=CC=C(C3=CC=CCC3)CC2)=C1. The summed E-state index contributed by atoms with van der Waals surface area (Å²) in [5, 5.41) is 3.45. The molecule has 31 heavy (non-hydrogen) atoms. The van der Waals surface area contributed by atoms with Crippen LogP contribution >= 0.6 is 0 Å². The van der Waals surface area contributed by atoms with E-state index in [0.717, 1.165) is 49.8 Å². The van der Waals surface area contributed by atoms with Gasteiger partial charge in [0, 0.05) is 5.70 Å². The standard InChI is InChI=1S/C29H32N2/c1-3-23(24-10-6-4-7-11-24)15-14-22(2)28-20-29(31-21-30-28)27-18-16-26(17-19-27)25-12-8-5-9-13-25/h3,5-6,8,10-12,14-16,18,20,31H,2,4,7,9,13,17,19,21H2,1H3/b15-14-,23-3+. The van der Waals surface area contributed by atoms with E-state index >= 15 is 0 Å². The van der Waals surface area contributed by atoms with E-state index in [4.69, 9.17) is 0 Å². The van der Waals surface area contributed by atoms with Gasteiger partial charge in [0.2, 0.25) is 0 Å². The first-order chi connectivity index (χ1) is 15.2. The Morgan fingerprint density at radius 2 is 1.81 bits per heavy atom. The van der Waals surface area contributed by atoms with Crippen LogP contribution in [0.15, 0.2) is 124 Å². The molecule has 4 rings (SSSR count). The van der Waals surface area contributed by atoms with Crippen molar-refractivity contribution in [1.29, 1.82) is 0 Å². The Morgan fingerprint density at radius 1 is 0.968 bits per heavy atom. The van der Waals surface area contributed by atoms with E-state index in [1.165, 1.54) is 33.6 Å². The number of nitrogens with zero attached hydrogens (tertiary/aromatic N) is 1. The largest absolute Gasteiger partial charge is 0.366 e. The summed E-state index contributed by atoms with van der Waals surface area (Å²) >= 11 is 0. The molecular formula is C29H32N2. The summed E-state index contributed by atoms with van der Waals surface area (Å²) in [5.41, 5.74) is 9.94. The molecule has 0 atom stereocenters. The molecule has 1 heterocycles. The summed E-state index contributed by atoms with van der Waals surface area (Å²) in [7, 11) is 0. The van der Waals surface area contributed by atoms with Gasteiger partial charge in [-0.2, -0.15) is 0 Å². The fourth-order valence-electron chi connectivity index (χ4n) is 4.31. The van der Waals surface area contributed by atoms with E-state index < -0.39 is 0 Å². The Bertz CT molecular complexity index is 1040. The van der Waals surface area contributed by atoms with E-state index in [-0.39, 0.29) is 0 Å². The first-order valence-electron chi connectivity index (χ1n) is 11.4. The Hall–Kier alpha value is -3.13. The van der Waals surface area contributed by atoms with Crippen LogP contribution in [0.4, 0.5) is 0 Å². The van der Waals surface area contributed by atoms with Gasteiger partial charge in [0.15, 0.2) is 0 Å². The molecule has 0 aromatic rings. The van der Waals surface area contributed by atoms with Crippen LogP contribution in [0, 0.1) is 0 Å². The molecule has 0 fully saturated rings. The van der Waals surface area contributed by atoms with Gasteiger partial charge in [-0.05, 0) is 85.0 Å². The van der Waals surface area contributed by atoms with Crippen molar-refractivity contribution in [1.82, 2.24) is 5.32 Å². The highest BCUT2D eigenvalue weighted by Gasteiger charge is 2.16. The molecule has 0 aromatic carbocycles. The van der Waals surface area contributed by atoms with Gasteiger partial charge in [-0.25, -0.2) is 0 Å². The molecule has 1 aliphatic heterocycles. The van der Waals surface area contributed by atoms with E-state index in [1.807, 2.05) is 0 Å². The average Bonchev–Trinajstić information content (AvgIpc) is 2.86. The van der Waals surface area contributed by atoms with Crippen molar-refractivity contribution in [3.63, 3.8) is 0 Å². The predicted octanol–water partition coefficient (Wildman–Crippen LogP) is 7.13. The third kappa shape index (κ3) is 5.32. The van der Waals surface area contributed by atoms with Crippen LogP contribution in [0.25, 0.3) is 0 Å². The zero-order valence-electron chi connectivity index (χ0n) is 18.5. The fraction of sp³-hybridized carbons (Fsp3) is 0.276. The molecule has 0 amide bonds. The summed E-state index contributed by atoms with van der Waals surface area (Å²) in [6, 6.07) is 0. The minimum atomic E-state index is 0.599. The number of nitrogens with one attached hydrogen (secondary N) is 1. The van der Waals surface area contributed by atoms with Crippen molar-refractivity contribution in [3.05, 3.63) is 119 Å². The lowest BCUT2D eigenvalue weighted by molar-refractivity contribution is 0.788. The molecule has 0 saturated carbocycles. The molecule has 2 heteroatoms. The lowest BCUT2D eigenvalue weighted by Crippen LogP contribution is -2.23. The van der Waals surface area contributed by atoms with Crippen LogP contribution in [-0.2, 0) is 0 Å². The summed E-state index contributed by atoms with van der Waals surface area (Å²) in [4.78, 5) is 4.65. The van der Waals surface area contributed by atoms with E-state index in [0.29, 0.717) is 6.67 Å². The lowest BCUT2D eigenvalue weighted by Gasteiger charge is -2.22. The van der Waals surface area contributed by atoms with Gasteiger partial charge < -0.3 is 5.32 Å². The van der Waals surface area contributed by atoms with Crippen molar-refractivity contribution in [2.24, 2.45) is 4.99 Å². The average molecular weight is 409 g/mol. The summed E-state index contributed by atoms with van der Waals surface area (Å²) < 4.78 is 0. The third-order valence-corrected chi connectivity index (χ3v) is 6.15. The smallest absolute Gasteiger partial charge is 0.108 e. The molecular weight excluding hydrogens is 376 g/mol. The van der Waals surface area contributed by atoms with Gasteiger partial charge in [0.05, 0.1) is 5.71 Å². The molecule has 0 saturated heterocycles. The number of allylic oxidation sites excluding steroid dienone is 18. The van der Waals surface area contributed by atoms with Gasteiger partial charge in [0.25, 0.3) is 0 Å².